The van der Waals surface area contributed by atoms with Gasteiger partial charge in [0.2, 0.25) is 0 Å². The Morgan fingerprint density at radius 2 is 1.95 bits per heavy atom. The van der Waals surface area contributed by atoms with Crippen LogP contribution in [0.5, 0.6) is 5.75 Å². The number of fused-ring (bicyclic) bond motifs is 1. The molecule has 5 rings (SSSR count). The number of ether oxygens (including phenoxy) is 1. The van der Waals surface area contributed by atoms with E-state index in [0.29, 0.717) is 57.0 Å². The van der Waals surface area contributed by atoms with Gasteiger partial charge in [-0.05, 0) is 86.5 Å². The predicted octanol–water partition coefficient (Wildman–Crippen LogP) is 7.92. The maximum Gasteiger partial charge on any atom is 0.169 e. The normalized spacial score (nSPS) is 14.6. The molecular formula is C29H23Cl2FN2O3S. The van der Waals surface area contributed by atoms with Crippen LogP contribution in [0.15, 0.2) is 54.6 Å². The van der Waals surface area contributed by atoms with Gasteiger partial charge in [-0.1, -0.05) is 23.2 Å². The fourth-order valence-corrected chi connectivity index (χ4v) is 5.90. The molecule has 0 spiro atoms. The Balaban J connectivity index is 1.22. The molecule has 194 valence electrons. The summed E-state index contributed by atoms with van der Waals surface area (Å²) in [6, 6.07) is 13.5. The van der Waals surface area contributed by atoms with Crippen LogP contribution in [0.2, 0.25) is 10.2 Å². The van der Waals surface area contributed by atoms with Crippen molar-refractivity contribution in [1.29, 1.82) is 0 Å². The van der Waals surface area contributed by atoms with Crippen LogP contribution in [0.25, 0.3) is 22.2 Å². The zero-order chi connectivity index (χ0) is 27.0. The van der Waals surface area contributed by atoms with E-state index in [1.807, 2.05) is 24.3 Å². The molecule has 3 heterocycles. The number of benzene rings is 2. The molecule has 0 bridgehead atoms. The number of aryl methyl sites for hydroxylation is 1. The summed E-state index contributed by atoms with van der Waals surface area (Å²) in [5.74, 6) is 0.288. The highest BCUT2D eigenvalue weighted by molar-refractivity contribution is 7.17. The summed E-state index contributed by atoms with van der Waals surface area (Å²) in [6.07, 6.45) is 4.50. The van der Waals surface area contributed by atoms with E-state index in [1.54, 1.807) is 32.1 Å². The van der Waals surface area contributed by atoms with Gasteiger partial charge in [-0.2, -0.15) is 5.10 Å². The molecule has 9 heteroatoms. The molecule has 0 N–H and O–H groups in total. The number of thiophene rings is 1. The van der Waals surface area contributed by atoms with Crippen molar-refractivity contribution in [2.75, 3.05) is 0 Å². The molecule has 1 unspecified atom stereocenters. The largest absolute Gasteiger partial charge is 0.488 e. The van der Waals surface area contributed by atoms with Crippen molar-refractivity contribution in [3.8, 4) is 21.9 Å². The number of allylic oxidation sites excluding steroid dienone is 1. The quantitative estimate of drug-likeness (QED) is 0.160. The maximum atomic E-state index is 13.3. The summed E-state index contributed by atoms with van der Waals surface area (Å²) in [7, 11) is 0. The molecule has 0 aliphatic carbocycles. The van der Waals surface area contributed by atoms with Crippen molar-refractivity contribution in [2.45, 2.75) is 39.2 Å². The first-order valence-electron chi connectivity index (χ1n) is 12.0. The Kier molecular flexibility index (Phi) is 7.52. The van der Waals surface area contributed by atoms with Gasteiger partial charge in [-0.25, -0.2) is 9.07 Å². The first kappa shape index (κ1) is 26.4. The summed E-state index contributed by atoms with van der Waals surface area (Å²) >= 11 is 14.5. The average molecular weight is 569 g/mol. The number of ketones is 2. The lowest BCUT2D eigenvalue weighted by molar-refractivity contribution is -0.115. The minimum absolute atomic E-state index is 0.0368. The smallest absolute Gasteiger partial charge is 0.169 e. The van der Waals surface area contributed by atoms with Gasteiger partial charge < -0.3 is 4.74 Å². The number of Topliss-reactive ketones (excluding diaryl/α,β-unsaturated/α-hetero) is 1. The monoisotopic (exact) mass is 568 g/mol. The van der Waals surface area contributed by atoms with Crippen LogP contribution in [0.3, 0.4) is 0 Å². The van der Waals surface area contributed by atoms with Crippen molar-refractivity contribution in [3.05, 3.63) is 92.3 Å². The SMILES string of the molecule is CC(=O)c1ccc(-c2cc(Cl)c3c(c2)CC(CCC(=O)/C=C/c2c(C)nn(-c4ccc(F)cc4)c2Cl)O3)s1. The minimum atomic E-state index is -0.345. The predicted molar refractivity (Wildman–Crippen MR) is 149 cm³/mol. The van der Waals surface area contributed by atoms with Crippen LogP contribution in [0.4, 0.5) is 4.39 Å². The van der Waals surface area contributed by atoms with Crippen molar-refractivity contribution < 1.29 is 18.7 Å². The van der Waals surface area contributed by atoms with Gasteiger partial charge >= 0.3 is 0 Å². The fraction of sp³-hybridized carbons (Fsp3) is 0.207. The Labute approximate surface area is 233 Å². The molecule has 1 atom stereocenters. The fourth-order valence-electron chi connectivity index (χ4n) is 4.39. The third-order valence-electron chi connectivity index (χ3n) is 6.36. The second-order valence-electron chi connectivity index (χ2n) is 9.13. The second kappa shape index (κ2) is 10.8. The lowest BCUT2D eigenvalue weighted by atomic mass is 10.0. The zero-order valence-electron chi connectivity index (χ0n) is 20.6. The zero-order valence-corrected chi connectivity index (χ0v) is 23.0. The summed E-state index contributed by atoms with van der Waals surface area (Å²) < 4.78 is 20.8. The Bertz CT molecular complexity index is 1570. The Morgan fingerprint density at radius 1 is 1.18 bits per heavy atom. The lowest BCUT2D eigenvalue weighted by Crippen LogP contribution is -2.14. The molecule has 0 radical (unpaired) electrons. The highest BCUT2D eigenvalue weighted by Crippen LogP contribution is 2.41. The first-order valence-corrected chi connectivity index (χ1v) is 13.6. The second-order valence-corrected chi connectivity index (χ2v) is 11.0. The van der Waals surface area contributed by atoms with Crippen LogP contribution in [0, 0.1) is 12.7 Å². The molecule has 5 nitrogen and oxygen atoms in total. The number of rotatable bonds is 8. The van der Waals surface area contributed by atoms with Gasteiger partial charge in [-0.3, -0.25) is 9.59 Å². The number of hydrogen-bond acceptors (Lipinski definition) is 5. The van der Waals surface area contributed by atoms with Gasteiger partial charge in [0.15, 0.2) is 11.6 Å². The van der Waals surface area contributed by atoms with Gasteiger partial charge in [0.1, 0.15) is 22.8 Å². The first-order chi connectivity index (χ1) is 18.2. The minimum Gasteiger partial charge on any atom is -0.488 e. The molecule has 0 saturated carbocycles. The van der Waals surface area contributed by atoms with E-state index in [9.17, 15) is 14.0 Å². The molecule has 0 amide bonds. The molecule has 4 aromatic rings. The van der Waals surface area contributed by atoms with Crippen LogP contribution in [-0.4, -0.2) is 27.5 Å². The number of carbonyl (C=O) groups is 2. The van der Waals surface area contributed by atoms with Crippen molar-refractivity contribution in [1.82, 2.24) is 9.78 Å². The van der Waals surface area contributed by atoms with E-state index >= 15 is 0 Å². The summed E-state index contributed by atoms with van der Waals surface area (Å²) in [6.45, 7) is 3.35. The van der Waals surface area contributed by atoms with E-state index in [0.717, 1.165) is 16.0 Å². The van der Waals surface area contributed by atoms with E-state index in [-0.39, 0.29) is 23.5 Å². The van der Waals surface area contributed by atoms with E-state index in [1.165, 1.54) is 34.2 Å². The standard InChI is InChI=1S/C29H23Cl2FN2O3S/c1-16-24(29(31)34(33-16)21-5-3-20(32)4-6-21)10-8-22(36)7-9-23-14-19-13-18(15-25(30)28(19)37-23)27-12-11-26(38-27)17(2)35/h3-6,8,10-13,15,23H,7,9,14H2,1-2H3/b10-8+. The highest BCUT2D eigenvalue weighted by atomic mass is 35.5. The molecular weight excluding hydrogens is 546 g/mol. The third kappa shape index (κ3) is 5.46. The van der Waals surface area contributed by atoms with Crippen molar-refractivity contribution >= 4 is 52.2 Å². The number of aromatic nitrogens is 2. The number of nitrogens with zero attached hydrogens (tertiary/aromatic N) is 2. The molecule has 1 aliphatic heterocycles. The average Bonchev–Trinajstić information content (AvgIpc) is 3.60. The number of halogens is 3. The summed E-state index contributed by atoms with van der Waals surface area (Å²) in [5.41, 5.74) is 3.86. The lowest BCUT2D eigenvalue weighted by Gasteiger charge is -2.10. The number of hydrogen-bond donors (Lipinski definition) is 0. The maximum absolute atomic E-state index is 13.3. The molecule has 2 aromatic heterocycles. The van der Waals surface area contributed by atoms with Crippen LogP contribution >= 0.6 is 34.5 Å². The van der Waals surface area contributed by atoms with Gasteiger partial charge in [0.05, 0.1) is 21.3 Å². The van der Waals surface area contributed by atoms with Crippen LogP contribution < -0.4 is 4.74 Å². The van der Waals surface area contributed by atoms with Gasteiger partial charge in [0.25, 0.3) is 0 Å². The van der Waals surface area contributed by atoms with Crippen molar-refractivity contribution in [2.24, 2.45) is 0 Å². The highest BCUT2D eigenvalue weighted by Gasteiger charge is 2.26. The number of carbonyl (C=O) groups excluding carboxylic acids is 2. The van der Waals surface area contributed by atoms with Crippen LogP contribution in [-0.2, 0) is 11.2 Å². The molecule has 2 aromatic carbocycles. The Hall–Kier alpha value is -3.26. The Morgan fingerprint density at radius 3 is 2.66 bits per heavy atom. The molecule has 38 heavy (non-hydrogen) atoms. The van der Waals surface area contributed by atoms with E-state index in [2.05, 4.69) is 5.10 Å². The topological polar surface area (TPSA) is 61.2 Å². The summed E-state index contributed by atoms with van der Waals surface area (Å²) in [5, 5.41) is 5.29. The van der Waals surface area contributed by atoms with Gasteiger partial charge in [-0.15, -0.1) is 11.3 Å². The van der Waals surface area contributed by atoms with Crippen molar-refractivity contribution in [3.63, 3.8) is 0 Å². The van der Waals surface area contributed by atoms with E-state index in [4.69, 9.17) is 27.9 Å². The van der Waals surface area contributed by atoms with Crippen LogP contribution in [0.1, 0.15) is 46.3 Å². The molecule has 0 fully saturated rings. The van der Waals surface area contributed by atoms with E-state index < -0.39 is 0 Å². The third-order valence-corrected chi connectivity index (χ3v) is 8.24. The van der Waals surface area contributed by atoms with Gasteiger partial charge in [0, 0.05) is 28.8 Å². The molecule has 1 aliphatic rings. The molecule has 0 saturated heterocycles. The summed E-state index contributed by atoms with van der Waals surface area (Å²) in [4.78, 5) is 26.0.